The Morgan fingerprint density at radius 1 is 1.15 bits per heavy atom. The molecule has 136 valence electrons. The van der Waals surface area contributed by atoms with Crippen LogP contribution in [0.1, 0.15) is 18.4 Å². The number of aromatic nitrogens is 6. The Hall–Kier alpha value is -3.20. The Morgan fingerprint density at radius 2 is 1.96 bits per heavy atom. The predicted molar refractivity (Wildman–Crippen MR) is 101 cm³/mol. The maximum Gasteiger partial charge on any atom is 0.216 e. The van der Waals surface area contributed by atoms with Crippen LogP contribution < -0.4 is 5.84 Å². The van der Waals surface area contributed by atoms with E-state index < -0.39 is 0 Å². The summed E-state index contributed by atoms with van der Waals surface area (Å²) in [4.78, 5) is 13.3. The minimum Gasteiger partial charge on any atom is -0.469 e. The van der Waals surface area contributed by atoms with E-state index in [0.717, 1.165) is 34.0 Å². The van der Waals surface area contributed by atoms with Crippen LogP contribution in [-0.4, -0.2) is 29.8 Å². The van der Waals surface area contributed by atoms with Crippen molar-refractivity contribution in [2.45, 2.75) is 30.5 Å². The molecule has 0 aliphatic heterocycles. The first kappa shape index (κ1) is 17.2. The molecule has 2 N–H and O–H groups in total. The van der Waals surface area contributed by atoms with Crippen molar-refractivity contribution in [2.75, 3.05) is 5.84 Å². The second kappa shape index (κ2) is 7.20. The largest absolute Gasteiger partial charge is 0.469 e. The number of pyridine rings is 1. The third-order valence-electron chi connectivity index (χ3n) is 4.02. The molecule has 0 saturated carbocycles. The van der Waals surface area contributed by atoms with Gasteiger partial charge in [-0.15, -0.1) is 10.2 Å². The van der Waals surface area contributed by atoms with E-state index in [1.807, 2.05) is 31.2 Å². The summed E-state index contributed by atoms with van der Waals surface area (Å²) in [5.41, 5.74) is 2.66. The third kappa shape index (κ3) is 3.41. The number of hydrogen-bond donors (Lipinski definition) is 1. The number of rotatable bonds is 5. The molecule has 8 nitrogen and oxygen atoms in total. The van der Waals surface area contributed by atoms with Crippen LogP contribution in [0, 0.1) is 6.92 Å². The molecule has 0 unspecified atom stereocenters. The summed E-state index contributed by atoms with van der Waals surface area (Å²) in [5, 5.41) is 9.69. The smallest absolute Gasteiger partial charge is 0.216 e. The van der Waals surface area contributed by atoms with Gasteiger partial charge >= 0.3 is 0 Å². The highest BCUT2D eigenvalue weighted by Crippen LogP contribution is 2.30. The van der Waals surface area contributed by atoms with Crippen LogP contribution >= 0.6 is 11.8 Å². The molecule has 0 amide bonds. The fourth-order valence-electron chi connectivity index (χ4n) is 2.58. The lowest BCUT2D eigenvalue weighted by Gasteiger charge is -2.07. The van der Waals surface area contributed by atoms with Crippen molar-refractivity contribution in [2.24, 2.45) is 0 Å². The fraction of sp³-hybridized carbons (Fsp3) is 0.167. The molecule has 9 heteroatoms. The molecular formula is C18H17N7OS. The molecule has 27 heavy (non-hydrogen) atoms. The van der Waals surface area contributed by atoms with Crippen molar-refractivity contribution in [3.63, 3.8) is 0 Å². The number of nitrogens with zero attached hydrogens (tertiary/aromatic N) is 6. The van der Waals surface area contributed by atoms with Gasteiger partial charge in [-0.2, -0.15) is 0 Å². The average molecular weight is 379 g/mol. The van der Waals surface area contributed by atoms with E-state index >= 15 is 0 Å². The van der Waals surface area contributed by atoms with Crippen molar-refractivity contribution in [3.8, 4) is 22.8 Å². The van der Waals surface area contributed by atoms with E-state index in [4.69, 9.17) is 10.3 Å². The number of nitrogens with two attached hydrogens (primary N) is 1. The summed E-state index contributed by atoms with van der Waals surface area (Å²) < 4.78 is 6.77. The molecular weight excluding hydrogens is 362 g/mol. The molecule has 0 spiro atoms. The van der Waals surface area contributed by atoms with E-state index in [0.29, 0.717) is 16.8 Å². The minimum atomic E-state index is 0.534. The van der Waals surface area contributed by atoms with Crippen molar-refractivity contribution >= 4 is 11.8 Å². The maximum atomic E-state index is 6.21. The van der Waals surface area contributed by atoms with Gasteiger partial charge in [-0.1, -0.05) is 6.92 Å². The van der Waals surface area contributed by atoms with Crippen molar-refractivity contribution in [1.82, 2.24) is 29.8 Å². The highest BCUT2D eigenvalue weighted by molar-refractivity contribution is 7.99. The van der Waals surface area contributed by atoms with Gasteiger partial charge in [-0.3, -0.25) is 4.98 Å². The second-order valence-corrected chi connectivity index (χ2v) is 6.77. The van der Waals surface area contributed by atoms with Gasteiger partial charge < -0.3 is 10.3 Å². The first-order chi connectivity index (χ1) is 13.2. The highest BCUT2D eigenvalue weighted by Gasteiger charge is 2.17. The van der Waals surface area contributed by atoms with Crippen LogP contribution in [-0.2, 0) is 6.42 Å². The fourth-order valence-corrected chi connectivity index (χ4v) is 3.36. The molecule has 4 heterocycles. The number of furan rings is 1. The zero-order valence-corrected chi connectivity index (χ0v) is 15.6. The zero-order valence-electron chi connectivity index (χ0n) is 14.8. The Balaban J connectivity index is 1.69. The molecule has 4 aromatic rings. The van der Waals surface area contributed by atoms with Crippen LogP contribution in [0.15, 0.2) is 57.5 Å². The van der Waals surface area contributed by atoms with Gasteiger partial charge in [0.15, 0.2) is 11.6 Å². The van der Waals surface area contributed by atoms with Gasteiger partial charge in [0.05, 0.1) is 11.8 Å². The van der Waals surface area contributed by atoms with Gasteiger partial charge in [-0.25, -0.2) is 14.6 Å². The Bertz CT molecular complexity index is 1070. The van der Waals surface area contributed by atoms with Crippen LogP contribution in [0.25, 0.3) is 22.8 Å². The minimum absolute atomic E-state index is 0.534. The maximum absolute atomic E-state index is 6.21. The van der Waals surface area contributed by atoms with Crippen LogP contribution in [0.2, 0.25) is 0 Å². The van der Waals surface area contributed by atoms with Crippen molar-refractivity contribution in [1.29, 1.82) is 0 Å². The summed E-state index contributed by atoms with van der Waals surface area (Å²) in [6.45, 7) is 3.91. The Kier molecular flexibility index (Phi) is 4.59. The summed E-state index contributed by atoms with van der Waals surface area (Å²) >= 11 is 1.34. The summed E-state index contributed by atoms with van der Waals surface area (Å²) in [6, 6.07) is 7.52. The second-order valence-electron chi connectivity index (χ2n) is 5.78. The number of hydrogen-bond acceptors (Lipinski definition) is 8. The van der Waals surface area contributed by atoms with E-state index in [9.17, 15) is 0 Å². The van der Waals surface area contributed by atoms with E-state index in [1.54, 1.807) is 18.7 Å². The number of aryl methyl sites for hydroxylation is 2. The molecule has 0 aromatic carbocycles. The lowest BCUT2D eigenvalue weighted by atomic mass is 10.2. The lowest BCUT2D eigenvalue weighted by Crippen LogP contribution is -2.11. The monoisotopic (exact) mass is 379 g/mol. The van der Waals surface area contributed by atoms with E-state index in [1.165, 1.54) is 16.4 Å². The molecule has 4 rings (SSSR count). The molecule has 0 atom stereocenters. The Labute approximate surface area is 159 Å². The molecule has 0 radical (unpaired) electrons. The van der Waals surface area contributed by atoms with Gasteiger partial charge in [0.25, 0.3) is 0 Å². The summed E-state index contributed by atoms with van der Waals surface area (Å²) in [5.74, 6) is 8.14. The molecule has 0 aliphatic rings. The van der Waals surface area contributed by atoms with Crippen LogP contribution in [0.4, 0.5) is 0 Å². The number of nitrogen functional groups attached to an aromatic ring is 1. The third-order valence-corrected chi connectivity index (χ3v) is 4.90. The van der Waals surface area contributed by atoms with Gasteiger partial charge in [0.2, 0.25) is 5.16 Å². The summed E-state index contributed by atoms with van der Waals surface area (Å²) in [6.07, 6.45) is 5.84. The molecule has 0 bridgehead atoms. The standard InChI is InChI=1S/C18H17N7OS/c1-3-13-10-15(22-16(21-13)12-4-7-20-8-5-12)27-18-24-23-17(25(18)19)14-6-9-26-11(14)2/h4-10H,3,19H2,1-2H3. The topological polar surface area (TPSA) is 109 Å². The molecule has 0 aliphatic carbocycles. The SMILES string of the molecule is CCc1cc(Sc2nnc(-c3ccoc3C)n2N)nc(-c2ccncc2)n1. The quantitative estimate of drug-likeness (QED) is 0.416. The van der Waals surface area contributed by atoms with E-state index in [2.05, 4.69) is 32.1 Å². The van der Waals surface area contributed by atoms with Gasteiger partial charge in [-0.05, 0) is 49.4 Å². The first-order valence-corrected chi connectivity index (χ1v) is 9.18. The molecule has 4 aromatic heterocycles. The normalized spacial score (nSPS) is 11.0. The Morgan fingerprint density at radius 3 is 2.67 bits per heavy atom. The predicted octanol–water partition coefficient (Wildman–Crippen LogP) is 3.13. The zero-order chi connectivity index (χ0) is 18.8. The van der Waals surface area contributed by atoms with Crippen LogP contribution in [0.5, 0.6) is 0 Å². The highest BCUT2D eigenvalue weighted by atomic mass is 32.2. The summed E-state index contributed by atoms with van der Waals surface area (Å²) in [7, 11) is 0. The van der Waals surface area contributed by atoms with Crippen molar-refractivity contribution in [3.05, 3.63) is 54.4 Å². The van der Waals surface area contributed by atoms with Crippen LogP contribution in [0.3, 0.4) is 0 Å². The van der Waals surface area contributed by atoms with Gasteiger partial charge in [0.1, 0.15) is 10.8 Å². The first-order valence-electron chi connectivity index (χ1n) is 8.37. The molecule has 0 fully saturated rings. The van der Waals surface area contributed by atoms with Crippen molar-refractivity contribution < 1.29 is 4.42 Å². The molecule has 0 saturated heterocycles. The van der Waals surface area contributed by atoms with Gasteiger partial charge in [0, 0.05) is 23.7 Å². The average Bonchev–Trinajstić information content (AvgIpc) is 3.28. The lowest BCUT2D eigenvalue weighted by molar-refractivity contribution is 0.535. The van der Waals surface area contributed by atoms with E-state index in [-0.39, 0.29) is 0 Å².